The second kappa shape index (κ2) is 5.92. The van der Waals surface area contributed by atoms with Crippen molar-refractivity contribution < 1.29 is 13.9 Å². The normalized spacial score (nSPS) is 14.5. The minimum atomic E-state index is -0.256. The molecule has 0 fully saturated rings. The van der Waals surface area contributed by atoms with Gasteiger partial charge in [-0.2, -0.15) is 0 Å². The molecule has 0 aromatic carbocycles. The van der Waals surface area contributed by atoms with Crippen LogP contribution in [0, 0.1) is 0 Å². The van der Waals surface area contributed by atoms with Gasteiger partial charge in [-0.3, -0.25) is 4.79 Å². The van der Waals surface area contributed by atoms with E-state index in [2.05, 4.69) is 5.32 Å². The van der Waals surface area contributed by atoms with E-state index in [0.29, 0.717) is 12.4 Å². The fraction of sp³-hybridized carbons (Fsp3) is 0.545. The predicted octanol–water partition coefficient (Wildman–Crippen LogP) is 2.34. The van der Waals surface area contributed by atoms with E-state index in [4.69, 9.17) is 20.8 Å². The fourth-order valence-electron chi connectivity index (χ4n) is 1.28. The maximum absolute atomic E-state index is 11.7. The van der Waals surface area contributed by atoms with Crippen LogP contribution in [0.4, 0.5) is 0 Å². The number of hydrogen-bond acceptors (Lipinski definition) is 3. The number of alkyl halides is 1. The van der Waals surface area contributed by atoms with E-state index in [9.17, 15) is 4.79 Å². The molecule has 0 radical (unpaired) electrons. The molecule has 90 valence electrons. The lowest BCUT2D eigenvalue weighted by molar-refractivity contribution is 0.0876. The average molecular weight is 246 g/mol. The minimum absolute atomic E-state index is 0.0560. The molecule has 0 aliphatic rings. The summed E-state index contributed by atoms with van der Waals surface area (Å²) in [5.41, 5.74) is 0. The van der Waals surface area contributed by atoms with Crippen molar-refractivity contribution in [3.63, 3.8) is 0 Å². The van der Waals surface area contributed by atoms with Gasteiger partial charge in [0.15, 0.2) is 5.76 Å². The quantitative estimate of drug-likeness (QED) is 0.811. The molecule has 4 nitrogen and oxygen atoms in total. The highest BCUT2D eigenvalue weighted by Crippen LogP contribution is 2.21. The number of ether oxygens (including phenoxy) is 1. The summed E-state index contributed by atoms with van der Waals surface area (Å²) in [7, 11) is 1.59. The summed E-state index contributed by atoms with van der Waals surface area (Å²) in [6.07, 6.45) is 0. The average Bonchev–Trinajstić information content (AvgIpc) is 2.66. The Morgan fingerprint density at radius 2 is 2.25 bits per heavy atom. The topological polar surface area (TPSA) is 51.5 Å². The molecule has 2 atom stereocenters. The highest BCUT2D eigenvalue weighted by molar-refractivity contribution is 6.20. The molecule has 1 rings (SSSR count). The van der Waals surface area contributed by atoms with Gasteiger partial charge in [-0.05, 0) is 26.0 Å². The van der Waals surface area contributed by atoms with E-state index in [1.54, 1.807) is 26.2 Å². The van der Waals surface area contributed by atoms with Crippen molar-refractivity contribution in [1.82, 2.24) is 5.32 Å². The van der Waals surface area contributed by atoms with Gasteiger partial charge in [0.2, 0.25) is 0 Å². The van der Waals surface area contributed by atoms with Crippen molar-refractivity contribution in [3.8, 4) is 0 Å². The zero-order valence-corrected chi connectivity index (χ0v) is 10.4. The Kier molecular flexibility index (Phi) is 4.83. The molecule has 0 aliphatic heterocycles. The van der Waals surface area contributed by atoms with Gasteiger partial charge in [0.25, 0.3) is 5.91 Å². The molecule has 2 unspecified atom stereocenters. The smallest absolute Gasteiger partial charge is 0.287 e. The van der Waals surface area contributed by atoms with Crippen LogP contribution < -0.4 is 5.32 Å². The number of hydrogen-bond donors (Lipinski definition) is 1. The lowest BCUT2D eigenvalue weighted by atomic mass is 10.3. The maximum Gasteiger partial charge on any atom is 0.287 e. The van der Waals surface area contributed by atoms with Crippen LogP contribution in [0.1, 0.15) is 35.5 Å². The molecule has 0 saturated carbocycles. The van der Waals surface area contributed by atoms with Crippen LogP contribution in [0.25, 0.3) is 0 Å². The lowest BCUT2D eigenvalue weighted by Crippen LogP contribution is -2.35. The monoisotopic (exact) mass is 245 g/mol. The number of rotatable bonds is 5. The molecule has 1 amide bonds. The van der Waals surface area contributed by atoms with Crippen molar-refractivity contribution in [1.29, 1.82) is 0 Å². The predicted molar refractivity (Wildman–Crippen MR) is 61.8 cm³/mol. The summed E-state index contributed by atoms with van der Waals surface area (Å²) in [6, 6.07) is 3.26. The second-order valence-electron chi connectivity index (χ2n) is 3.65. The largest absolute Gasteiger partial charge is 0.454 e. The molecule has 5 heteroatoms. The van der Waals surface area contributed by atoms with Crippen LogP contribution in [0.3, 0.4) is 0 Å². The maximum atomic E-state index is 11.7. The molecule has 1 N–H and O–H groups in total. The van der Waals surface area contributed by atoms with E-state index in [1.165, 1.54) is 0 Å². The highest BCUT2D eigenvalue weighted by Gasteiger charge is 2.15. The Labute approximate surface area is 99.9 Å². The third kappa shape index (κ3) is 3.54. The zero-order valence-electron chi connectivity index (χ0n) is 9.62. The van der Waals surface area contributed by atoms with E-state index in [0.717, 1.165) is 0 Å². The zero-order chi connectivity index (χ0) is 12.1. The molecule has 0 bridgehead atoms. The molecule has 0 aliphatic carbocycles. The van der Waals surface area contributed by atoms with Gasteiger partial charge < -0.3 is 14.5 Å². The van der Waals surface area contributed by atoms with Gasteiger partial charge in [0.05, 0.1) is 12.0 Å². The fourth-order valence-corrected chi connectivity index (χ4v) is 1.39. The first-order chi connectivity index (χ1) is 7.54. The Morgan fingerprint density at radius 1 is 1.56 bits per heavy atom. The first-order valence-electron chi connectivity index (χ1n) is 5.08. The van der Waals surface area contributed by atoms with Crippen molar-refractivity contribution in [2.24, 2.45) is 0 Å². The SMILES string of the molecule is COCC(C)NC(=O)c1ccc(C(C)Cl)o1. The van der Waals surface area contributed by atoms with Gasteiger partial charge in [0, 0.05) is 13.2 Å². The van der Waals surface area contributed by atoms with Crippen LogP contribution in [0.15, 0.2) is 16.5 Å². The van der Waals surface area contributed by atoms with Gasteiger partial charge in [-0.15, -0.1) is 11.6 Å². The standard InChI is InChI=1S/C11H16ClNO3/c1-7(6-15-3)13-11(14)10-5-4-9(16-10)8(2)12/h4-5,7-8H,6H2,1-3H3,(H,13,14). The van der Waals surface area contributed by atoms with Gasteiger partial charge in [0.1, 0.15) is 5.76 Å². The number of halogens is 1. The van der Waals surface area contributed by atoms with E-state index in [1.807, 2.05) is 6.92 Å². The summed E-state index contributed by atoms with van der Waals surface area (Å²) < 4.78 is 10.2. The minimum Gasteiger partial charge on any atom is -0.454 e. The van der Waals surface area contributed by atoms with Crippen molar-refractivity contribution >= 4 is 17.5 Å². The number of methoxy groups -OCH3 is 1. The highest BCUT2D eigenvalue weighted by atomic mass is 35.5. The third-order valence-corrected chi connectivity index (χ3v) is 2.25. The van der Waals surface area contributed by atoms with Crippen LogP contribution in [0.2, 0.25) is 0 Å². The van der Waals surface area contributed by atoms with Crippen molar-refractivity contribution in [2.75, 3.05) is 13.7 Å². The molecule has 16 heavy (non-hydrogen) atoms. The van der Waals surface area contributed by atoms with Gasteiger partial charge in [-0.25, -0.2) is 0 Å². The van der Waals surface area contributed by atoms with Gasteiger partial charge in [-0.1, -0.05) is 0 Å². The number of nitrogens with one attached hydrogen (secondary N) is 1. The molecular formula is C11H16ClNO3. The molecule has 1 aromatic rings. The van der Waals surface area contributed by atoms with Crippen LogP contribution in [-0.2, 0) is 4.74 Å². The Morgan fingerprint density at radius 3 is 2.75 bits per heavy atom. The summed E-state index contributed by atoms with van der Waals surface area (Å²) >= 11 is 5.83. The molecular weight excluding hydrogens is 230 g/mol. The van der Waals surface area contributed by atoms with Crippen molar-refractivity contribution in [2.45, 2.75) is 25.3 Å². The summed E-state index contributed by atoms with van der Waals surface area (Å²) in [5.74, 6) is 0.602. The number of furan rings is 1. The summed E-state index contributed by atoms with van der Waals surface area (Å²) in [5, 5.41) is 2.51. The second-order valence-corrected chi connectivity index (χ2v) is 4.30. The molecule has 0 spiro atoms. The number of carbonyl (C=O) groups excluding carboxylic acids is 1. The number of carbonyl (C=O) groups is 1. The Balaban J connectivity index is 2.59. The first kappa shape index (κ1) is 13.1. The first-order valence-corrected chi connectivity index (χ1v) is 5.51. The number of amides is 1. The summed E-state index contributed by atoms with van der Waals surface area (Å²) in [6.45, 7) is 4.11. The molecule has 0 saturated heterocycles. The third-order valence-electron chi connectivity index (χ3n) is 2.04. The van der Waals surface area contributed by atoms with Crippen LogP contribution in [-0.4, -0.2) is 25.7 Å². The molecule has 1 heterocycles. The lowest BCUT2D eigenvalue weighted by Gasteiger charge is -2.11. The summed E-state index contributed by atoms with van der Waals surface area (Å²) in [4.78, 5) is 11.7. The van der Waals surface area contributed by atoms with E-state index >= 15 is 0 Å². The van der Waals surface area contributed by atoms with Crippen LogP contribution in [0.5, 0.6) is 0 Å². The van der Waals surface area contributed by atoms with Crippen LogP contribution >= 0.6 is 11.6 Å². The van der Waals surface area contributed by atoms with Gasteiger partial charge >= 0.3 is 0 Å². The van der Waals surface area contributed by atoms with E-state index < -0.39 is 0 Å². The Bertz CT molecular complexity index is 349. The molecule has 1 aromatic heterocycles. The Hall–Kier alpha value is -1.00. The van der Waals surface area contributed by atoms with E-state index in [-0.39, 0.29) is 23.1 Å². The van der Waals surface area contributed by atoms with Crippen molar-refractivity contribution in [3.05, 3.63) is 23.7 Å².